The monoisotopic (exact) mass is 314 g/mol. The lowest BCUT2D eigenvalue weighted by Crippen LogP contribution is -1.95. The lowest BCUT2D eigenvalue weighted by atomic mass is 10.00. The molecule has 0 aliphatic carbocycles. The molecule has 24 heavy (non-hydrogen) atoms. The van der Waals surface area contributed by atoms with Crippen LogP contribution in [-0.2, 0) is 0 Å². The predicted octanol–water partition coefficient (Wildman–Crippen LogP) is 4.58. The maximum Gasteiger partial charge on any atom is 0.336 e. The first-order chi connectivity index (χ1) is 11.8. The molecule has 0 aliphatic rings. The first kappa shape index (κ1) is 16.3. The molecule has 118 valence electrons. The second kappa shape index (κ2) is 7.78. The largest absolute Gasteiger partial charge is 0.565 e. The van der Waals surface area contributed by atoms with Crippen LogP contribution in [0.15, 0.2) is 72.8 Å². The Balaban J connectivity index is 1.77. The van der Waals surface area contributed by atoms with Crippen molar-refractivity contribution in [1.82, 2.24) is 0 Å². The Morgan fingerprint density at radius 3 is 0.958 bits per heavy atom. The van der Waals surface area contributed by atoms with Gasteiger partial charge in [0.05, 0.1) is 11.5 Å². The zero-order chi connectivity index (χ0) is 16.8. The van der Waals surface area contributed by atoms with Crippen LogP contribution in [0.25, 0.3) is 22.3 Å². The third-order valence-electron chi connectivity index (χ3n) is 3.88. The fraction of sp³-hybridized carbons (Fsp3) is 0.100. The summed E-state index contributed by atoms with van der Waals surface area (Å²) in [6, 6.07) is 25.0. The topological polar surface area (TPSA) is 18.5 Å². The minimum atomic E-state index is 0.691. The zero-order valence-corrected chi connectivity index (χ0v) is 14.2. The molecule has 0 aliphatic heterocycles. The van der Waals surface area contributed by atoms with Gasteiger partial charge in [-0.25, -0.2) is 0 Å². The van der Waals surface area contributed by atoms with Crippen LogP contribution >= 0.6 is 0 Å². The van der Waals surface area contributed by atoms with Crippen LogP contribution in [-0.4, -0.2) is 15.0 Å². The number of hydrogen-bond donors (Lipinski definition) is 0. The molecule has 0 fully saturated rings. The minimum Gasteiger partial charge on any atom is -0.565 e. The molecule has 0 aromatic heterocycles. The van der Waals surface area contributed by atoms with Gasteiger partial charge in [-0.05, 0) is 46.5 Å². The summed E-state index contributed by atoms with van der Waals surface area (Å²) in [7, 11) is 1.38. The van der Waals surface area contributed by atoms with E-state index in [1.807, 2.05) is 37.9 Å². The van der Waals surface area contributed by atoms with Crippen molar-refractivity contribution >= 4 is 15.0 Å². The smallest absolute Gasteiger partial charge is 0.336 e. The van der Waals surface area contributed by atoms with Gasteiger partial charge in [-0.3, -0.25) is 0 Å². The van der Waals surface area contributed by atoms with Gasteiger partial charge in [0.1, 0.15) is 0 Å². The minimum absolute atomic E-state index is 0.691. The highest BCUT2D eigenvalue weighted by molar-refractivity contribution is 6.26. The van der Waals surface area contributed by atoms with Crippen molar-refractivity contribution in [3.63, 3.8) is 0 Å². The zero-order valence-electron chi connectivity index (χ0n) is 14.2. The summed E-state index contributed by atoms with van der Waals surface area (Å²) in [6.45, 7) is 3.99. The van der Waals surface area contributed by atoms with Gasteiger partial charge in [0, 0.05) is 0 Å². The molecule has 3 aromatic carbocycles. The second-order valence-electron chi connectivity index (χ2n) is 5.49. The summed E-state index contributed by atoms with van der Waals surface area (Å²) in [5.74, 6) is 1.82. The molecule has 0 N–H and O–H groups in total. The summed E-state index contributed by atoms with van der Waals surface area (Å²) in [5, 5.41) is 0. The molecule has 0 spiro atoms. The highest BCUT2D eigenvalue weighted by Crippen LogP contribution is 2.27. The molecule has 0 heterocycles. The Morgan fingerprint density at radius 2 is 0.708 bits per heavy atom. The standard InChI is InChI=1S/C20H20B2O2/c1-21-23-19-11-7-17(8-12-19)15-3-5-16(6-4-15)18-9-13-20(14-10-18)24-22-2/h3-14,21-22H,1-2H3. The number of hydrogen-bond acceptors (Lipinski definition) is 2. The molecule has 0 unspecified atom stereocenters. The van der Waals surface area contributed by atoms with Crippen molar-refractivity contribution in [3.8, 4) is 33.8 Å². The third-order valence-corrected chi connectivity index (χ3v) is 3.88. The Hall–Kier alpha value is -2.61. The molecular weight excluding hydrogens is 294 g/mol. The number of rotatable bonds is 6. The van der Waals surface area contributed by atoms with Crippen LogP contribution in [0.4, 0.5) is 0 Å². The molecule has 2 nitrogen and oxygen atoms in total. The Bertz CT molecular complexity index is 698. The number of benzene rings is 3. The van der Waals surface area contributed by atoms with Gasteiger partial charge in [-0.1, -0.05) is 62.2 Å². The van der Waals surface area contributed by atoms with Gasteiger partial charge in [0.25, 0.3) is 0 Å². The fourth-order valence-electron chi connectivity index (χ4n) is 2.68. The maximum atomic E-state index is 5.49. The van der Waals surface area contributed by atoms with E-state index >= 15 is 0 Å². The van der Waals surface area contributed by atoms with E-state index in [0.29, 0.717) is 15.0 Å². The van der Waals surface area contributed by atoms with Crippen LogP contribution in [0.3, 0.4) is 0 Å². The average Bonchev–Trinajstić information content (AvgIpc) is 2.64. The molecule has 3 rings (SSSR count). The molecule has 0 saturated carbocycles. The van der Waals surface area contributed by atoms with Crippen molar-refractivity contribution in [2.24, 2.45) is 0 Å². The molecule has 0 atom stereocenters. The molecule has 0 radical (unpaired) electrons. The summed E-state index contributed by atoms with van der Waals surface area (Å²) in [4.78, 5) is 0. The van der Waals surface area contributed by atoms with Crippen molar-refractivity contribution in [1.29, 1.82) is 0 Å². The Kier molecular flexibility index (Phi) is 5.27. The van der Waals surface area contributed by atoms with E-state index in [9.17, 15) is 0 Å². The predicted molar refractivity (Wildman–Crippen MR) is 105 cm³/mol. The van der Waals surface area contributed by atoms with E-state index in [1.165, 1.54) is 22.3 Å². The van der Waals surface area contributed by atoms with Crippen LogP contribution in [0.5, 0.6) is 11.5 Å². The third kappa shape index (κ3) is 3.83. The van der Waals surface area contributed by atoms with E-state index in [-0.39, 0.29) is 0 Å². The van der Waals surface area contributed by atoms with Crippen LogP contribution in [0.1, 0.15) is 0 Å². The van der Waals surface area contributed by atoms with Crippen LogP contribution in [0.2, 0.25) is 13.6 Å². The van der Waals surface area contributed by atoms with E-state index in [4.69, 9.17) is 9.31 Å². The summed E-state index contributed by atoms with van der Waals surface area (Å²) in [5.41, 5.74) is 4.79. The highest BCUT2D eigenvalue weighted by atomic mass is 16.4. The van der Waals surface area contributed by atoms with E-state index in [1.54, 1.807) is 0 Å². The van der Waals surface area contributed by atoms with Crippen molar-refractivity contribution in [3.05, 3.63) is 72.8 Å². The second-order valence-corrected chi connectivity index (χ2v) is 5.49. The van der Waals surface area contributed by atoms with E-state index < -0.39 is 0 Å². The van der Waals surface area contributed by atoms with Crippen molar-refractivity contribution in [2.75, 3.05) is 0 Å². The van der Waals surface area contributed by atoms with Crippen LogP contribution < -0.4 is 9.31 Å². The van der Waals surface area contributed by atoms with Gasteiger partial charge < -0.3 is 9.31 Å². The lowest BCUT2D eigenvalue weighted by Gasteiger charge is -2.08. The van der Waals surface area contributed by atoms with Crippen LogP contribution in [0, 0.1) is 0 Å². The van der Waals surface area contributed by atoms with Gasteiger partial charge >= 0.3 is 15.0 Å². The first-order valence-corrected chi connectivity index (χ1v) is 8.36. The summed E-state index contributed by atoms with van der Waals surface area (Å²) in [6.07, 6.45) is 0. The molecule has 0 bridgehead atoms. The molecule has 3 aromatic rings. The molecule has 0 amide bonds. The van der Waals surface area contributed by atoms with E-state index in [2.05, 4.69) is 48.5 Å². The SMILES string of the molecule is CBOc1ccc(-c2ccc(-c3ccc(OBC)cc3)cc2)cc1. The normalized spacial score (nSPS) is 10.1. The van der Waals surface area contributed by atoms with Gasteiger partial charge in [0.15, 0.2) is 0 Å². The Morgan fingerprint density at radius 1 is 0.458 bits per heavy atom. The quantitative estimate of drug-likeness (QED) is 0.620. The molecular formula is C20H20B2O2. The van der Waals surface area contributed by atoms with Gasteiger partial charge in [-0.2, -0.15) is 0 Å². The van der Waals surface area contributed by atoms with Crippen molar-refractivity contribution in [2.45, 2.75) is 13.6 Å². The van der Waals surface area contributed by atoms with Gasteiger partial charge in [0.2, 0.25) is 0 Å². The van der Waals surface area contributed by atoms with E-state index in [0.717, 1.165) is 11.5 Å². The molecule has 4 heteroatoms. The maximum absolute atomic E-state index is 5.49. The first-order valence-electron chi connectivity index (χ1n) is 8.36. The lowest BCUT2D eigenvalue weighted by molar-refractivity contribution is 0.600. The highest BCUT2D eigenvalue weighted by Gasteiger charge is 2.02. The average molecular weight is 314 g/mol. The Labute approximate surface area is 145 Å². The fourth-order valence-corrected chi connectivity index (χ4v) is 2.68. The summed E-state index contributed by atoms with van der Waals surface area (Å²) < 4.78 is 11.0. The molecule has 0 saturated heterocycles. The summed E-state index contributed by atoms with van der Waals surface area (Å²) >= 11 is 0. The van der Waals surface area contributed by atoms with Crippen molar-refractivity contribution < 1.29 is 9.31 Å². The van der Waals surface area contributed by atoms with Gasteiger partial charge in [-0.15, -0.1) is 0 Å².